The molecular weight excluding hydrogens is 274 g/mol. The summed E-state index contributed by atoms with van der Waals surface area (Å²) in [6, 6.07) is 0.812. The van der Waals surface area contributed by atoms with Crippen LogP contribution in [-0.4, -0.2) is 29.4 Å². The van der Waals surface area contributed by atoms with Gasteiger partial charge in [-0.25, -0.2) is 0 Å². The molecule has 0 spiro atoms. The molecule has 0 aromatic rings. The van der Waals surface area contributed by atoms with Crippen LogP contribution < -0.4 is 0 Å². The molecule has 17 heavy (non-hydrogen) atoms. The molecule has 2 saturated carbocycles. The van der Waals surface area contributed by atoms with Gasteiger partial charge in [-0.1, -0.05) is 36.2 Å². The minimum Gasteiger partial charge on any atom is -0.299 e. The predicted octanol–water partition coefficient (Wildman–Crippen LogP) is 4.31. The minimum atomic E-state index is 0.812. The number of nitrogens with zero attached hydrogens (tertiary/aromatic N) is 1. The second kappa shape index (κ2) is 6.56. The number of hydrogen-bond donors (Lipinski definition) is 0. The fourth-order valence-electron chi connectivity index (χ4n) is 4.24. The Bertz CT molecular complexity index is 227. The summed E-state index contributed by atoms with van der Waals surface area (Å²) in [6.07, 6.45) is 8.76. The Morgan fingerprint density at radius 1 is 1.18 bits per heavy atom. The van der Waals surface area contributed by atoms with E-state index in [2.05, 4.69) is 34.7 Å². The van der Waals surface area contributed by atoms with Crippen molar-refractivity contribution in [2.45, 2.75) is 58.4 Å². The van der Waals surface area contributed by atoms with E-state index in [1.165, 1.54) is 45.2 Å². The molecule has 0 radical (unpaired) electrons. The maximum atomic E-state index is 3.63. The van der Waals surface area contributed by atoms with E-state index in [-0.39, 0.29) is 0 Å². The van der Waals surface area contributed by atoms with Crippen molar-refractivity contribution in [2.75, 3.05) is 18.4 Å². The molecule has 100 valence electrons. The zero-order valence-corrected chi connectivity index (χ0v) is 13.1. The van der Waals surface area contributed by atoms with Crippen LogP contribution in [0.4, 0.5) is 0 Å². The van der Waals surface area contributed by atoms with Crippen LogP contribution in [-0.2, 0) is 0 Å². The van der Waals surface area contributed by atoms with E-state index < -0.39 is 0 Å². The first kappa shape index (κ1) is 13.9. The first-order valence-electron chi connectivity index (χ1n) is 7.58. The van der Waals surface area contributed by atoms with Crippen LogP contribution in [0.3, 0.4) is 0 Å². The molecule has 2 aliphatic rings. The summed E-state index contributed by atoms with van der Waals surface area (Å²) < 4.78 is 0. The highest BCUT2D eigenvalue weighted by molar-refractivity contribution is 9.09. The molecule has 0 N–H and O–H groups in total. The fourth-order valence-corrected chi connectivity index (χ4v) is 4.69. The monoisotopic (exact) mass is 301 g/mol. The molecule has 2 bridgehead atoms. The van der Waals surface area contributed by atoms with Crippen molar-refractivity contribution >= 4 is 15.9 Å². The van der Waals surface area contributed by atoms with Crippen LogP contribution in [0.1, 0.15) is 52.4 Å². The maximum absolute atomic E-state index is 3.63. The summed E-state index contributed by atoms with van der Waals surface area (Å²) in [7, 11) is 0. The Labute approximate surface area is 115 Å². The second-order valence-electron chi connectivity index (χ2n) is 6.09. The molecule has 0 amide bonds. The van der Waals surface area contributed by atoms with E-state index in [1.807, 2.05) is 0 Å². The normalized spacial score (nSPS) is 31.9. The molecule has 3 unspecified atom stereocenters. The van der Waals surface area contributed by atoms with Crippen molar-refractivity contribution in [1.29, 1.82) is 0 Å². The summed E-state index contributed by atoms with van der Waals surface area (Å²) in [5, 5.41) is 1.13. The van der Waals surface area contributed by atoms with Gasteiger partial charge < -0.3 is 0 Å². The van der Waals surface area contributed by atoms with Gasteiger partial charge in [-0.3, -0.25) is 4.90 Å². The lowest BCUT2D eigenvalue weighted by molar-refractivity contribution is 0.142. The predicted molar refractivity (Wildman–Crippen MR) is 78.7 cm³/mol. The van der Waals surface area contributed by atoms with Crippen molar-refractivity contribution in [3.05, 3.63) is 0 Å². The molecule has 0 aliphatic heterocycles. The molecule has 2 aliphatic carbocycles. The van der Waals surface area contributed by atoms with Gasteiger partial charge in [0.2, 0.25) is 0 Å². The summed E-state index contributed by atoms with van der Waals surface area (Å²) in [5.74, 6) is 3.19. The van der Waals surface area contributed by atoms with Crippen molar-refractivity contribution < 1.29 is 0 Å². The van der Waals surface area contributed by atoms with Crippen LogP contribution in [0.2, 0.25) is 0 Å². The van der Waals surface area contributed by atoms with Gasteiger partial charge in [-0.05, 0) is 49.9 Å². The van der Waals surface area contributed by atoms with Crippen LogP contribution in [0.15, 0.2) is 0 Å². The third-order valence-corrected chi connectivity index (χ3v) is 5.54. The largest absolute Gasteiger partial charge is 0.299 e. The van der Waals surface area contributed by atoms with Gasteiger partial charge in [-0.15, -0.1) is 0 Å². The number of hydrogen-bond acceptors (Lipinski definition) is 1. The van der Waals surface area contributed by atoms with E-state index in [0.29, 0.717) is 0 Å². The Balaban J connectivity index is 1.88. The van der Waals surface area contributed by atoms with E-state index >= 15 is 0 Å². The quantitative estimate of drug-likeness (QED) is 0.634. The van der Waals surface area contributed by atoms with Gasteiger partial charge in [0.25, 0.3) is 0 Å². The van der Waals surface area contributed by atoms with Crippen LogP contribution >= 0.6 is 15.9 Å². The third-order valence-electron chi connectivity index (χ3n) is 5.18. The maximum Gasteiger partial charge on any atom is 0.0159 e. The van der Waals surface area contributed by atoms with Crippen molar-refractivity contribution in [3.8, 4) is 0 Å². The number of fused-ring (bicyclic) bond motifs is 2. The summed E-state index contributed by atoms with van der Waals surface area (Å²) in [5.41, 5.74) is 0. The molecule has 0 aromatic heterocycles. The standard InChI is InChI=1S/C15H28BrN/c1-3-15(4-2)17(8-7-16)11-14-10-12-5-6-13(14)9-12/h12-15H,3-11H2,1-2H3. The van der Waals surface area contributed by atoms with E-state index in [1.54, 1.807) is 6.42 Å². The van der Waals surface area contributed by atoms with Gasteiger partial charge in [0, 0.05) is 24.5 Å². The highest BCUT2D eigenvalue weighted by Gasteiger charge is 2.40. The Hall–Kier alpha value is 0.440. The molecule has 1 nitrogen and oxygen atoms in total. The lowest BCUT2D eigenvalue weighted by Gasteiger charge is -2.34. The van der Waals surface area contributed by atoms with Crippen molar-refractivity contribution in [3.63, 3.8) is 0 Å². The zero-order chi connectivity index (χ0) is 12.3. The average Bonchev–Trinajstić information content (AvgIpc) is 2.93. The van der Waals surface area contributed by atoms with Gasteiger partial charge >= 0.3 is 0 Å². The molecule has 2 heteroatoms. The van der Waals surface area contributed by atoms with Crippen LogP contribution in [0.25, 0.3) is 0 Å². The van der Waals surface area contributed by atoms with Crippen molar-refractivity contribution in [1.82, 2.24) is 4.90 Å². The van der Waals surface area contributed by atoms with Gasteiger partial charge in [0.15, 0.2) is 0 Å². The SMILES string of the molecule is CCC(CC)N(CCBr)CC1CC2CCC1C2. The first-order valence-corrected chi connectivity index (χ1v) is 8.70. The highest BCUT2D eigenvalue weighted by Crippen LogP contribution is 2.48. The Morgan fingerprint density at radius 2 is 1.94 bits per heavy atom. The van der Waals surface area contributed by atoms with Gasteiger partial charge in [0.05, 0.1) is 0 Å². The Kier molecular flexibility index (Phi) is 5.35. The van der Waals surface area contributed by atoms with Gasteiger partial charge in [0.1, 0.15) is 0 Å². The molecule has 0 aromatic carbocycles. The summed E-state index contributed by atoms with van der Waals surface area (Å²) >= 11 is 3.63. The molecule has 2 rings (SSSR count). The summed E-state index contributed by atoms with van der Waals surface area (Å²) in [4.78, 5) is 2.76. The third kappa shape index (κ3) is 3.26. The number of halogens is 1. The molecule has 2 fully saturated rings. The number of alkyl halides is 1. The molecule has 3 atom stereocenters. The van der Waals surface area contributed by atoms with Crippen LogP contribution in [0.5, 0.6) is 0 Å². The zero-order valence-electron chi connectivity index (χ0n) is 11.5. The fraction of sp³-hybridized carbons (Fsp3) is 1.00. The van der Waals surface area contributed by atoms with E-state index in [4.69, 9.17) is 0 Å². The van der Waals surface area contributed by atoms with E-state index in [0.717, 1.165) is 29.1 Å². The minimum absolute atomic E-state index is 0.812. The highest BCUT2D eigenvalue weighted by atomic mass is 79.9. The molecule has 0 heterocycles. The first-order chi connectivity index (χ1) is 8.28. The summed E-state index contributed by atoms with van der Waals surface area (Å²) in [6.45, 7) is 7.30. The Morgan fingerprint density at radius 3 is 2.41 bits per heavy atom. The average molecular weight is 302 g/mol. The van der Waals surface area contributed by atoms with Crippen LogP contribution in [0, 0.1) is 17.8 Å². The smallest absolute Gasteiger partial charge is 0.0159 e. The molecular formula is C15H28BrN. The van der Waals surface area contributed by atoms with E-state index in [9.17, 15) is 0 Å². The van der Waals surface area contributed by atoms with Crippen molar-refractivity contribution in [2.24, 2.45) is 17.8 Å². The van der Waals surface area contributed by atoms with Gasteiger partial charge in [-0.2, -0.15) is 0 Å². The lowest BCUT2D eigenvalue weighted by atomic mass is 9.88. The topological polar surface area (TPSA) is 3.24 Å². The molecule has 0 saturated heterocycles. The second-order valence-corrected chi connectivity index (χ2v) is 6.88. The number of rotatable bonds is 7. The lowest BCUT2D eigenvalue weighted by Crippen LogP contribution is -2.40.